The first kappa shape index (κ1) is 25.7. The third-order valence-electron chi connectivity index (χ3n) is 7.05. The topological polar surface area (TPSA) is 90.1 Å². The van der Waals surface area contributed by atoms with E-state index in [2.05, 4.69) is 24.8 Å². The number of benzene rings is 1. The van der Waals surface area contributed by atoms with Crippen molar-refractivity contribution in [3.8, 4) is 0 Å². The van der Waals surface area contributed by atoms with Gasteiger partial charge in [0.15, 0.2) is 0 Å². The van der Waals surface area contributed by atoms with E-state index in [-0.39, 0.29) is 11.8 Å². The maximum Gasteiger partial charge on any atom is 0.254 e. The van der Waals surface area contributed by atoms with Gasteiger partial charge in [-0.1, -0.05) is 55.2 Å². The van der Waals surface area contributed by atoms with E-state index in [9.17, 15) is 14.7 Å². The van der Waals surface area contributed by atoms with Crippen molar-refractivity contribution in [2.24, 2.45) is 5.84 Å². The second kappa shape index (κ2) is 11.1. The Morgan fingerprint density at radius 1 is 1.08 bits per heavy atom. The van der Waals surface area contributed by atoms with Gasteiger partial charge in [-0.25, -0.2) is 5.84 Å². The van der Waals surface area contributed by atoms with Crippen LogP contribution >= 0.6 is 0 Å². The summed E-state index contributed by atoms with van der Waals surface area (Å²) in [5.41, 5.74) is 3.61. The lowest BCUT2D eigenvalue weighted by molar-refractivity contribution is -0.143. The Kier molecular flexibility index (Phi) is 7.91. The van der Waals surface area contributed by atoms with Crippen LogP contribution in [0.3, 0.4) is 0 Å². The summed E-state index contributed by atoms with van der Waals surface area (Å²) in [6.07, 6.45) is 16.3. The van der Waals surface area contributed by atoms with Gasteiger partial charge < -0.3 is 19.9 Å². The van der Waals surface area contributed by atoms with Gasteiger partial charge in [0.1, 0.15) is 5.60 Å². The molecule has 0 radical (unpaired) electrons. The van der Waals surface area contributed by atoms with Gasteiger partial charge in [0.2, 0.25) is 0 Å². The second-order valence-electron chi connectivity index (χ2n) is 9.69. The first-order valence-corrected chi connectivity index (χ1v) is 12.6. The number of carbonyl (C=O) groups is 2. The van der Waals surface area contributed by atoms with E-state index >= 15 is 0 Å². The van der Waals surface area contributed by atoms with E-state index in [0.29, 0.717) is 44.6 Å². The van der Waals surface area contributed by atoms with Gasteiger partial charge in [0, 0.05) is 44.5 Å². The van der Waals surface area contributed by atoms with E-state index in [1.165, 1.54) is 0 Å². The lowest BCUT2D eigenvalue weighted by Crippen LogP contribution is -2.53. The van der Waals surface area contributed by atoms with E-state index in [0.717, 1.165) is 41.7 Å². The Bertz CT molecular complexity index is 1120. The zero-order valence-electron chi connectivity index (χ0n) is 21.0. The van der Waals surface area contributed by atoms with E-state index in [1.807, 2.05) is 43.5 Å². The van der Waals surface area contributed by atoms with Crippen molar-refractivity contribution in [2.75, 3.05) is 33.2 Å². The molecule has 1 saturated heterocycles. The average Bonchev–Trinajstić information content (AvgIpc) is 3.69. The van der Waals surface area contributed by atoms with Gasteiger partial charge >= 0.3 is 0 Å². The molecule has 1 aliphatic heterocycles. The number of amides is 2. The fraction of sp³-hybridized carbons (Fsp3) is 0.379. The van der Waals surface area contributed by atoms with Crippen molar-refractivity contribution in [3.05, 3.63) is 89.7 Å². The maximum absolute atomic E-state index is 13.0. The number of rotatable bonds is 7. The van der Waals surface area contributed by atoms with Crippen LogP contribution in [0.5, 0.6) is 0 Å². The lowest BCUT2D eigenvalue weighted by Gasteiger charge is -2.35. The Morgan fingerprint density at radius 2 is 1.72 bits per heavy atom. The molecule has 0 unspecified atom stereocenters. The SMILES string of the molecule is C=C/C(=C\C=C\C1=C(N(C)N)CCCC=C1)c1ccc(C(=O)N2CCN(C(=O)C3(O)CC3)CC2)cc1. The van der Waals surface area contributed by atoms with Crippen LogP contribution < -0.4 is 5.84 Å². The number of hydrogen-bond donors (Lipinski definition) is 2. The molecule has 190 valence electrons. The number of aliphatic hydroxyl groups is 1. The standard InChI is InChI=1S/C29H36N4O3/c1-3-22(9-7-10-24-8-5-4-6-11-26(24)31(2)30)23-12-14-25(15-13-23)27(34)32-18-20-33(21-19-32)28(35)29(36)16-17-29/h3,5,7-10,12-15,36H,1,4,6,11,16-21,30H2,2H3/b10-7+,22-9+. The summed E-state index contributed by atoms with van der Waals surface area (Å²) < 4.78 is 0. The zero-order chi connectivity index (χ0) is 25.7. The fourth-order valence-electron chi connectivity index (χ4n) is 4.63. The highest BCUT2D eigenvalue weighted by molar-refractivity contribution is 5.95. The van der Waals surface area contributed by atoms with Crippen LogP contribution in [0.25, 0.3) is 5.57 Å². The first-order valence-electron chi connectivity index (χ1n) is 12.6. The number of hydrazine groups is 1. The highest BCUT2D eigenvalue weighted by Crippen LogP contribution is 2.37. The summed E-state index contributed by atoms with van der Waals surface area (Å²) >= 11 is 0. The Hall–Kier alpha value is -3.42. The molecule has 1 aromatic rings. The summed E-state index contributed by atoms with van der Waals surface area (Å²) in [5.74, 6) is 5.78. The molecule has 7 heteroatoms. The van der Waals surface area contributed by atoms with Crippen LogP contribution in [-0.2, 0) is 4.79 Å². The van der Waals surface area contributed by atoms with Crippen LogP contribution in [0.2, 0.25) is 0 Å². The molecule has 1 heterocycles. The number of piperazine rings is 1. The van der Waals surface area contributed by atoms with Gasteiger partial charge in [-0.2, -0.15) is 0 Å². The summed E-state index contributed by atoms with van der Waals surface area (Å²) in [7, 11) is 1.87. The van der Waals surface area contributed by atoms with E-state index < -0.39 is 5.60 Å². The van der Waals surface area contributed by atoms with Crippen molar-refractivity contribution in [1.82, 2.24) is 14.8 Å². The molecule has 1 saturated carbocycles. The molecule has 3 N–H and O–H groups in total. The monoisotopic (exact) mass is 488 g/mol. The fourth-order valence-corrected chi connectivity index (χ4v) is 4.63. The third-order valence-corrected chi connectivity index (χ3v) is 7.05. The van der Waals surface area contributed by atoms with Crippen molar-refractivity contribution in [3.63, 3.8) is 0 Å². The van der Waals surface area contributed by atoms with Gasteiger partial charge in [-0.05, 0) is 60.9 Å². The van der Waals surface area contributed by atoms with Crippen molar-refractivity contribution >= 4 is 17.4 Å². The predicted octanol–water partition coefficient (Wildman–Crippen LogP) is 3.42. The summed E-state index contributed by atoms with van der Waals surface area (Å²) in [5, 5.41) is 11.8. The number of nitrogens with two attached hydrogens (primary N) is 1. The van der Waals surface area contributed by atoms with Crippen LogP contribution in [0, 0.1) is 0 Å². The minimum Gasteiger partial charge on any atom is -0.380 e. The molecule has 2 aliphatic carbocycles. The van der Waals surface area contributed by atoms with Gasteiger partial charge in [-0.3, -0.25) is 9.59 Å². The highest BCUT2D eigenvalue weighted by Gasteiger charge is 2.50. The predicted molar refractivity (Wildman–Crippen MR) is 142 cm³/mol. The van der Waals surface area contributed by atoms with Gasteiger partial charge in [0.25, 0.3) is 11.8 Å². The smallest absolute Gasteiger partial charge is 0.254 e. The molecule has 0 spiro atoms. The zero-order valence-corrected chi connectivity index (χ0v) is 21.0. The molecule has 0 bridgehead atoms. The lowest BCUT2D eigenvalue weighted by atomic mass is 10.0. The van der Waals surface area contributed by atoms with Crippen molar-refractivity contribution < 1.29 is 14.7 Å². The molecule has 2 fully saturated rings. The average molecular weight is 489 g/mol. The Balaban J connectivity index is 1.39. The summed E-state index contributed by atoms with van der Waals surface area (Å²) in [4.78, 5) is 28.8. The van der Waals surface area contributed by atoms with E-state index in [4.69, 9.17) is 5.84 Å². The molecule has 2 amide bonds. The summed E-state index contributed by atoms with van der Waals surface area (Å²) in [6.45, 7) is 5.79. The Labute approximate surface area is 213 Å². The molecule has 1 aromatic carbocycles. The minimum absolute atomic E-state index is 0.0478. The molecular weight excluding hydrogens is 452 g/mol. The molecule has 0 atom stereocenters. The maximum atomic E-state index is 13.0. The van der Waals surface area contributed by atoms with Crippen LogP contribution in [-0.4, -0.2) is 70.6 Å². The molecule has 7 nitrogen and oxygen atoms in total. The Morgan fingerprint density at radius 3 is 2.33 bits per heavy atom. The molecular formula is C29H36N4O3. The normalized spacial score (nSPS) is 19.9. The third kappa shape index (κ3) is 5.86. The van der Waals surface area contributed by atoms with Crippen LogP contribution in [0.1, 0.15) is 48.0 Å². The highest BCUT2D eigenvalue weighted by atomic mass is 16.3. The number of carbonyl (C=O) groups excluding carboxylic acids is 2. The van der Waals surface area contributed by atoms with Crippen LogP contribution in [0.15, 0.2) is 78.6 Å². The molecule has 4 rings (SSSR count). The van der Waals surface area contributed by atoms with E-state index in [1.54, 1.807) is 20.9 Å². The molecule has 3 aliphatic rings. The van der Waals surface area contributed by atoms with Crippen LogP contribution in [0.4, 0.5) is 0 Å². The minimum atomic E-state index is -1.15. The van der Waals surface area contributed by atoms with Crippen molar-refractivity contribution in [1.29, 1.82) is 0 Å². The molecule has 36 heavy (non-hydrogen) atoms. The summed E-state index contributed by atoms with van der Waals surface area (Å²) in [6, 6.07) is 7.53. The number of hydrogen-bond acceptors (Lipinski definition) is 5. The number of allylic oxidation sites excluding steroid dienone is 9. The van der Waals surface area contributed by atoms with Gasteiger partial charge in [-0.15, -0.1) is 0 Å². The van der Waals surface area contributed by atoms with Gasteiger partial charge in [0.05, 0.1) is 0 Å². The first-order chi connectivity index (χ1) is 17.3. The largest absolute Gasteiger partial charge is 0.380 e. The molecule has 0 aromatic heterocycles. The van der Waals surface area contributed by atoms with Crippen molar-refractivity contribution in [2.45, 2.75) is 37.7 Å². The quantitative estimate of drug-likeness (QED) is 0.349. The second-order valence-corrected chi connectivity index (χ2v) is 9.69. The number of nitrogens with zero attached hydrogens (tertiary/aromatic N) is 3.